The van der Waals surface area contributed by atoms with Crippen molar-refractivity contribution in [2.45, 2.75) is 19.9 Å². The monoisotopic (exact) mass is 589 g/mol. The minimum atomic E-state index is -0.441. The second-order valence-corrected chi connectivity index (χ2v) is 10.7. The smallest absolute Gasteiger partial charge is 0.179 e. The van der Waals surface area contributed by atoms with Crippen LogP contribution in [0.2, 0.25) is 0 Å². The van der Waals surface area contributed by atoms with E-state index >= 15 is 0 Å². The van der Waals surface area contributed by atoms with Crippen molar-refractivity contribution in [3.05, 3.63) is 118 Å². The summed E-state index contributed by atoms with van der Waals surface area (Å²) in [5, 5.41) is 19.6. The number of hydrogen-bond acceptors (Lipinski definition) is 7. The lowest BCUT2D eigenvalue weighted by molar-refractivity contribution is 0.465. The Morgan fingerprint density at radius 3 is 2.58 bits per heavy atom. The molecule has 0 amide bonds. The van der Waals surface area contributed by atoms with Crippen LogP contribution in [0.1, 0.15) is 28.4 Å². The zero-order valence-electron chi connectivity index (χ0n) is 21.7. The van der Waals surface area contributed by atoms with Crippen LogP contribution >= 0.6 is 15.9 Å². The molecule has 4 heterocycles. The Kier molecular flexibility index (Phi) is 5.74. The number of rotatable bonds is 3. The summed E-state index contributed by atoms with van der Waals surface area (Å²) in [4.78, 5) is 16.9. The number of amidine groups is 2. The molecule has 0 bridgehead atoms. The van der Waals surface area contributed by atoms with Crippen LogP contribution < -0.4 is 10.2 Å². The lowest BCUT2D eigenvalue weighted by Crippen LogP contribution is -2.46. The lowest BCUT2D eigenvalue weighted by atomic mass is 9.92. The molecule has 0 fully saturated rings. The van der Waals surface area contributed by atoms with E-state index in [1.54, 1.807) is 16.9 Å². The van der Waals surface area contributed by atoms with E-state index in [4.69, 9.17) is 15.1 Å². The van der Waals surface area contributed by atoms with Crippen molar-refractivity contribution in [3.63, 3.8) is 0 Å². The Balaban J connectivity index is 1.52. The Hall–Kier alpha value is -4.76. The molecular formula is C31H24BrN7O. The van der Waals surface area contributed by atoms with Gasteiger partial charge >= 0.3 is 0 Å². The summed E-state index contributed by atoms with van der Waals surface area (Å²) >= 11 is 3.62. The third-order valence-electron chi connectivity index (χ3n) is 7.07. The first-order valence-electron chi connectivity index (χ1n) is 12.9. The number of para-hydroxylation sites is 2. The first kappa shape index (κ1) is 24.3. The van der Waals surface area contributed by atoms with Crippen molar-refractivity contribution >= 4 is 50.5 Å². The van der Waals surface area contributed by atoms with Gasteiger partial charge in [-0.15, -0.1) is 0 Å². The summed E-state index contributed by atoms with van der Waals surface area (Å²) in [7, 11) is 0. The Morgan fingerprint density at radius 1 is 0.900 bits per heavy atom. The maximum Gasteiger partial charge on any atom is 0.179 e. The van der Waals surface area contributed by atoms with Crippen molar-refractivity contribution in [3.8, 4) is 11.6 Å². The molecule has 5 aromatic rings. The van der Waals surface area contributed by atoms with Gasteiger partial charge < -0.3 is 15.3 Å². The second kappa shape index (κ2) is 9.46. The molecule has 2 N–H and O–H groups in total. The molecule has 8 nitrogen and oxygen atoms in total. The molecule has 0 spiro atoms. The summed E-state index contributed by atoms with van der Waals surface area (Å²) in [5.41, 5.74) is 6.12. The molecule has 40 heavy (non-hydrogen) atoms. The van der Waals surface area contributed by atoms with E-state index in [0.29, 0.717) is 23.3 Å². The van der Waals surface area contributed by atoms with Gasteiger partial charge in [0.2, 0.25) is 0 Å². The first-order chi connectivity index (χ1) is 19.5. The summed E-state index contributed by atoms with van der Waals surface area (Å²) in [5.74, 6) is 2.70. The van der Waals surface area contributed by atoms with Gasteiger partial charge in [0.1, 0.15) is 5.75 Å². The molecule has 196 valence electrons. The van der Waals surface area contributed by atoms with Gasteiger partial charge in [-0.2, -0.15) is 9.78 Å². The van der Waals surface area contributed by atoms with Gasteiger partial charge in [-0.25, -0.2) is 15.0 Å². The normalized spacial score (nSPS) is 15.5. The highest BCUT2D eigenvalue weighted by atomic mass is 79.9. The molecule has 9 heteroatoms. The molecule has 2 aliphatic heterocycles. The summed E-state index contributed by atoms with van der Waals surface area (Å²) < 4.78 is 2.62. The van der Waals surface area contributed by atoms with E-state index in [9.17, 15) is 5.11 Å². The Labute approximate surface area is 239 Å². The van der Waals surface area contributed by atoms with Crippen LogP contribution in [0.5, 0.6) is 5.75 Å². The molecule has 0 radical (unpaired) electrons. The van der Waals surface area contributed by atoms with Crippen LogP contribution in [-0.4, -0.2) is 31.5 Å². The van der Waals surface area contributed by atoms with E-state index in [0.717, 1.165) is 43.9 Å². The minimum Gasteiger partial charge on any atom is -0.508 e. The summed E-state index contributed by atoms with van der Waals surface area (Å²) in [6, 6.07) is 26.9. The largest absolute Gasteiger partial charge is 0.508 e. The fourth-order valence-corrected chi connectivity index (χ4v) is 5.71. The minimum absolute atomic E-state index is 0.179. The Bertz CT molecular complexity index is 1840. The highest BCUT2D eigenvalue weighted by molar-refractivity contribution is 9.10. The van der Waals surface area contributed by atoms with Gasteiger partial charge in [-0.3, -0.25) is 0 Å². The number of nitrogens with zero attached hydrogens (tertiary/aromatic N) is 6. The molecule has 2 aromatic heterocycles. The predicted molar refractivity (Wildman–Crippen MR) is 162 cm³/mol. The van der Waals surface area contributed by atoms with Crippen molar-refractivity contribution in [2.24, 2.45) is 9.98 Å². The van der Waals surface area contributed by atoms with Crippen LogP contribution in [0.15, 0.2) is 106 Å². The number of nitrogens with one attached hydrogen (secondary N) is 1. The molecule has 0 saturated carbocycles. The average Bonchev–Trinajstić information content (AvgIpc) is 3.30. The molecule has 7 rings (SSSR count). The first-order valence-corrected chi connectivity index (χ1v) is 13.7. The Morgan fingerprint density at radius 2 is 1.75 bits per heavy atom. The maximum absolute atomic E-state index is 11.2. The number of phenolic OH excluding ortho intramolecular Hbond substituents is 1. The third-order valence-corrected chi connectivity index (χ3v) is 7.56. The SMILES string of the molecule is Cc1cccc(NC2=Nc3ccccc3N3C2=Nc2c(c(C)nn2-c2ccccn2)[C@H]3c2cc(Br)ccc2O)c1. The van der Waals surface area contributed by atoms with Crippen LogP contribution in [0, 0.1) is 13.8 Å². The number of halogens is 1. The highest BCUT2D eigenvalue weighted by Crippen LogP contribution is 2.50. The maximum atomic E-state index is 11.2. The number of aryl methyl sites for hydroxylation is 2. The number of pyridine rings is 1. The topological polar surface area (TPSA) is 90.9 Å². The molecular weight excluding hydrogens is 566 g/mol. The van der Waals surface area contributed by atoms with E-state index in [2.05, 4.69) is 50.2 Å². The third kappa shape index (κ3) is 3.97. The van der Waals surface area contributed by atoms with Crippen LogP contribution in [0.25, 0.3) is 5.82 Å². The fourth-order valence-electron chi connectivity index (χ4n) is 5.33. The average molecular weight is 590 g/mol. The number of aromatic hydroxyl groups is 1. The molecule has 3 aromatic carbocycles. The number of aromatic nitrogens is 3. The van der Waals surface area contributed by atoms with Gasteiger partial charge in [-0.1, -0.05) is 46.3 Å². The van der Waals surface area contributed by atoms with Crippen molar-refractivity contribution < 1.29 is 5.11 Å². The number of aliphatic imine (C=N–C) groups is 2. The fraction of sp³-hybridized carbons (Fsp3) is 0.0968. The van der Waals surface area contributed by atoms with Crippen molar-refractivity contribution in [1.82, 2.24) is 14.8 Å². The number of fused-ring (bicyclic) bond motifs is 4. The van der Waals surface area contributed by atoms with E-state index in [1.165, 1.54) is 0 Å². The van der Waals surface area contributed by atoms with Crippen molar-refractivity contribution in [2.75, 3.05) is 10.2 Å². The molecule has 1 atom stereocenters. The van der Waals surface area contributed by atoms with Gasteiger partial charge in [0.05, 0.1) is 23.1 Å². The summed E-state index contributed by atoms with van der Waals surface area (Å²) in [6.07, 6.45) is 1.74. The van der Waals surface area contributed by atoms with Crippen molar-refractivity contribution in [1.29, 1.82) is 0 Å². The quantitative estimate of drug-likeness (QED) is 0.233. The zero-order chi connectivity index (χ0) is 27.4. The summed E-state index contributed by atoms with van der Waals surface area (Å²) in [6.45, 7) is 4.02. The van der Waals surface area contributed by atoms with E-state index < -0.39 is 6.04 Å². The number of hydrogen-bond donors (Lipinski definition) is 2. The van der Waals surface area contributed by atoms with Gasteiger partial charge in [0, 0.05) is 27.5 Å². The molecule has 2 aliphatic rings. The highest BCUT2D eigenvalue weighted by Gasteiger charge is 2.42. The van der Waals surface area contributed by atoms with Gasteiger partial charge in [0.25, 0.3) is 0 Å². The van der Waals surface area contributed by atoms with E-state index in [1.807, 2.05) is 73.7 Å². The lowest BCUT2D eigenvalue weighted by Gasteiger charge is -2.40. The van der Waals surface area contributed by atoms with Gasteiger partial charge in [0.15, 0.2) is 23.3 Å². The van der Waals surface area contributed by atoms with Crippen LogP contribution in [-0.2, 0) is 0 Å². The van der Waals surface area contributed by atoms with Crippen LogP contribution in [0.3, 0.4) is 0 Å². The number of anilines is 2. The molecule has 0 unspecified atom stereocenters. The van der Waals surface area contributed by atoms with E-state index in [-0.39, 0.29) is 5.75 Å². The zero-order valence-corrected chi connectivity index (χ0v) is 23.3. The number of phenols is 1. The predicted octanol–water partition coefficient (Wildman–Crippen LogP) is 7.15. The molecule has 0 aliphatic carbocycles. The van der Waals surface area contributed by atoms with Gasteiger partial charge in [-0.05, 0) is 74.0 Å². The standard InChI is InChI=1S/C31H24BrN7O/c1-18-8-7-9-21(16-18)34-29-31-36-30-27(19(2)37-39(30)26-12-5-6-15-33-26)28(22-17-20(32)13-14-25(22)40)38(31)24-11-4-3-10-23(24)35-29/h3-17,28,40H,1-2H3,(H,34,35)/t28-/m1/s1. The van der Waals surface area contributed by atoms with Crippen LogP contribution in [0.4, 0.5) is 22.9 Å². The molecule has 0 saturated heterocycles. The number of benzene rings is 3. The second-order valence-electron chi connectivity index (χ2n) is 9.78.